The van der Waals surface area contributed by atoms with E-state index in [2.05, 4.69) is 5.32 Å². The summed E-state index contributed by atoms with van der Waals surface area (Å²) in [6.45, 7) is 1.60. The first-order chi connectivity index (χ1) is 15.0. The van der Waals surface area contributed by atoms with Gasteiger partial charge in [-0.05, 0) is 59.1 Å². The highest BCUT2D eigenvalue weighted by Gasteiger charge is 2.36. The van der Waals surface area contributed by atoms with Crippen molar-refractivity contribution in [3.05, 3.63) is 94.9 Å². The molecule has 0 radical (unpaired) electrons. The Kier molecular flexibility index (Phi) is 6.00. The molecule has 0 aromatic heterocycles. The lowest BCUT2D eigenvalue weighted by Crippen LogP contribution is -2.36. The summed E-state index contributed by atoms with van der Waals surface area (Å²) in [7, 11) is 0. The molecular formula is C25H20N2O3S. The monoisotopic (exact) mass is 428 g/mol. The maximum absolute atomic E-state index is 12.7. The van der Waals surface area contributed by atoms with Crippen LogP contribution in [0.4, 0.5) is 10.5 Å². The van der Waals surface area contributed by atoms with Crippen LogP contribution in [-0.4, -0.2) is 28.5 Å². The van der Waals surface area contributed by atoms with Crippen molar-refractivity contribution in [2.75, 3.05) is 11.9 Å². The second kappa shape index (κ2) is 9.02. The zero-order valence-corrected chi connectivity index (χ0v) is 17.7. The second-order valence-electron chi connectivity index (χ2n) is 7.17. The molecule has 3 amide bonds. The zero-order chi connectivity index (χ0) is 21.8. The predicted octanol–water partition coefficient (Wildman–Crippen LogP) is 5.34. The molecular weight excluding hydrogens is 408 g/mol. The van der Waals surface area contributed by atoms with Crippen molar-refractivity contribution in [3.63, 3.8) is 0 Å². The van der Waals surface area contributed by atoms with Crippen LogP contribution in [0.25, 0.3) is 17.2 Å². The van der Waals surface area contributed by atoms with E-state index < -0.39 is 17.1 Å². The van der Waals surface area contributed by atoms with E-state index in [0.29, 0.717) is 10.6 Å². The topological polar surface area (TPSA) is 66.5 Å². The molecule has 1 saturated heterocycles. The summed E-state index contributed by atoms with van der Waals surface area (Å²) in [6, 6.07) is 25.1. The van der Waals surface area contributed by atoms with Gasteiger partial charge in [0, 0.05) is 5.69 Å². The number of amides is 3. The Hall–Kier alpha value is -3.64. The molecule has 154 valence electrons. The third kappa shape index (κ3) is 4.92. The maximum Gasteiger partial charge on any atom is 0.294 e. The highest BCUT2D eigenvalue weighted by molar-refractivity contribution is 8.18. The third-order valence-electron chi connectivity index (χ3n) is 4.79. The number of imide groups is 1. The van der Waals surface area contributed by atoms with Crippen LogP contribution in [0, 0.1) is 6.92 Å². The zero-order valence-electron chi connectivity index (χ0n) is 16.9. The molecule has 1 fully saturated rings. The lowest BCUT2D eigenvalue weighted by Gasteiger charge is -2.12. The fourth-order valence-electron chi connectivity index (χ4n) is 3.26. The minimum atomic E-state index is -0.457. The third-order valence-corrected chi connectivity index (χ3v) is 5.70. The largest absolute Gasteiger partial charge is 0.325 e. The van der Waals surface area contributed by atoms with Gasteiger partial charge in [-0.3, -0.25) is 19.3 Å². The number of rotatable bonds is 5. The summed E-state index contributed by atoms with van der Waals surface area (Å²) in [4.78, 5) is 38.6. The molecule has 1 aliphatic heterocycles. The van der Waals surface area contributed by atoms with E-state index in [1.54, 1.807) is 12.1 Å². The Bertz CT molecular complexity index is 1170. The van der Waals surface area contributed by atoms with Crippen molar-refractivity contribution >= 4 is 40.6 Å². The number of anilines is 1. The van der Waals surface area contributed by atoms with Gasteiger partial charge in [-0.2, -0.15) is 0 Å². The van der Waals surface area contributed by atoms with Gasteiger partial charge in [-0.1, -0.05) is 66.7 Å². The van der Waals surface area contributed by atoms with E-state index in [4.69, 9.17) is 0 Å². The Morgan fingerprint density at radius 3 is 2.35 bits per heavy atom. The lowest BCUT2D eigenvalue weighted by molar-refractivity contribution is -0.127. The number of hydrogen-bond donors (Lipinski definition) is 1. The van der Waals surface area contributed by atoms with Gasteiger partial charge in [-0.15, -0.1) is 0 Å². The summed E-state index contributed by atoms with van der Waals surface area (Å²) in [5.74, 6) is -0.872. The van der Waals surface area contributed by atoms with Crippen molar-refractivity contribution in [2.24, 2.45) is 0 Å². The molecule has 1 heterocycles. The fourth-order valence-corrected chi connectivity index (χ4v) is 4.10. The van der Waals surface area contributed by atoms with Crippen LogP contribution in [0.1, 0.15) is 11.1 Å². The summed E-state index contributed by atoms with van der Waals surface area (Å²) >= 11 is 0.846. The number of benzene rings is 3. The Balaban J connectivity index is 1.44. The van der Waals surface area contributed by atoms with Gasteiger partial charge < -0.3 is 5.32 Å². The Labute approximate surface area is 184 Å². The Morgan fingerprint density at radius 1 is 0.935 bits per heavy atom. The van der Waals surface area contributed by atoms with E-state index in [1.807, 2.05) is 79.7 Å². The van der Waals surface area contributed by atoms with Crippen LogP contribution in [0.5, 0.6) is 0 Å². The minimum Gasteiger partial charge on any atom is -0.325 e. The number of nitrogens with one attached hydrogen (secondary N) is 1. The van der Waals surface area contributed by atoms with Crippen molar-refractivity contribution in [1.82, 2.24) is 4.90 Å². The van der Waals surface area contributed by atoms with Gasteiger partial charge in [0.2, 0.25) is 5.91 Å². The molecule has 4 rings (SSSR count). The number of carbonyl (C=O) groups excluding carboxylic acids is 3. The molecule has 5 nitrogen and oxygen atoms in total. The first-order valence-electron chi connectivity index (χ1n) is 9.77. The first kappa shape index (κ1) is 20.6. The van der Waals surface area contributed by atoms with E-state index in [9.17, 15) is 14.4 Å². The van der Waals surface area contributed by atoms with Gasteiger partial charge in [0.15, 0.2) is 0 Å². The van der Waals surface area contributed by atoms with Crippen molar-refractivity contribution in [2.45, 2.75) is 6.92 Å². The van der Waals surface area contributed by atoms with Crippen LogP contribution in [0.3, 0.4) is 0 Å². The number of thioether (sulfide) groups is 1. The van der Waals surface area contributed by atoms with E-state index in [1.165, 1.54) is 0 Å². The van der Waals surface area contributed by atoms with Crippen molar-refractivity contribution in [1.29, 1.82) is 0 Å². The number of aryl methyl sites for hydroxylation is 1. The SMILES string of the molecule is Cc1cccc(NC(=O)CN2C(=O)S/C(=C\c3ccc(-c4ccccc4)cc3)C2=O)c1. The summed E-state index contributed by atoms with van der Waals surface area (Å²) < 4.78 is 0. The summed E-state index contributed by atoms with van der Waals surface area (Å²) in [6.07, 6.45) is 1.68. The first-order valence-corrected chi connectivity index (χ1v) is 10.6. The van der Waals surface area contributed by atoms with Crippen LogP contribution >= 0.6 is 11.8 Å². The van der Waals surface area contributed by atoms with E-state index >= 15 is 0 Å². The normalized spacial score (nSPS) is 14.9. The molecule has 31 heavy (non-hydrogen) atoms. The van der Waals surface area contributed by atoms with Crippen LogP contribution in [-0.2, 0) is 9.59 Å². The molecule has 0 saturated carbocycles. The molecule has 0 spiro atoms. The number of carbonyl (C=O) groups is 3. The molecule has 0 bridgehead atoms. The van der Waals surface area contributed by atoms with E-state index in [-0.39, 0.29) is 6.54 Å². The van der Waals surface area contributed by atoms with E-state index in [0.717, 1.165) is 38.9 Å². The average molecular weight is 429 g/mol. The fraction of sp³-hybridized carbons (Fsp3) is 0.0800. The van der Waals surface area contributed by atoms with Gasteiger partial charge in [0.1, 0.15) is 6.54 Å². The second-order valence-corrected chi connectivity index (χ2v) is 8.17. The lowest BCUT2D eigenvalue weighted by atomic mass is 10.0. The predicted molar refractivity (Wildman–Crippen MR) is 124 cm³/mol. The Morgan fingerprint density at radius 2 is 1.65 bits per heavy atom. The molecule has 1 N–H and O–H groups in total. The average Bonchev–Trinajstić information content (AvgIpc) is 3.02. The molecule has 3 aromatic carbocycles. The van der Waals surface area contributed by atoms with Crippen LogP contribution in [0.15, 0.2) is 83.8 Å². The highest BCUT2D eigenvalue weighted by Crippen LogP contribution is 2.32. The number of hydrogen-bond acceptors (Lipinski definition) is 4. The van der Waals surface area contributed by atoms with Gasteiger partial charge in [0.05, 0.1) is 4.91 Å². The molecule has 6 heteroatoms. The molecule has 1 aliphatic rings. The minimum absolute atomic E-state index is 0.306. The number of nitrogens with zero attached hydrogens (tertiary/aromatic N) is 1. The van der Waals surface area contributed by atoms with Crippen LogP contribution in [0.2, 0.25) is 0 Å². The molecule has 0 aliphatic carbocycles. The highest BCUT2D eigenvalue weighted by atomic mass is 32.2. The molecule has 3 aromatic rings. The van der Waals surface area contributed by atoms with Gasteiger partial charge >= 0.3 is 0 Å². The molecule has 0 unspecified atom stereocenters. The summed E-state index contributed by atoms with van der Waals surface area (Å²) in [5, 5.41) is 2.28. The summed E-state index contributed by atoms with van der Waals surface area (Å²) in [5.41, 5.74) is 4.62. The molecule has 0 atom stereocenters. The smallest absolute Gasteiger partial charge is 0.294 e. The van der Waals surface area contributed by atoms with Crippen molar-refractivity contribution in [3.8, 4) is 11.1 Å². The van der Waals surface area contributed by atoms with Crippen LogP contribution < -0.4 is 5.32 Å². The van der Waals surface area contributed by atoms with Gasteiger partial charge in [-0.25, -0.2) is 0 Å². The van der Waals surface area contributed by atoms with Crippen molar-refractivity contribution < 1.29 is 14.4 Å². The quantitative estimate of drug-likeness (QED) is 0.557. The van der Waals surface area contributed by atoms with Gasteiger partial charge in [0.25, 0.3) is 11.1 Å². The standard InChI is InChI=1S/C25H20N2O3S/c1-17-6-5-9-21(14-17)26-23(28)16-27-24(29)22(31-25(27)30)15-18-10-12-20(13-11-18)19-7-3-2-4-8-19/h2-15H,16H2,1H3,(H,26,28)/b22-15-. The maximum atomic E-state index is 12.7.